The number of nitrogens with two attached hydrogens (primary N) is 1. The summed E-state index contributed by atoms with van der Waals surface area (Å²) in [5.74, 6) is -0.423. The Labute approximate surface area is 178 Å². The average Bonchev–Trinajstić information content (AvgIpc) is 2.76. The lowest BCUT2D eigenvalue weighted by Gasteiger charge is -2.47. The third-order valence-corrected chi connectivity index (χ3v) is 6.09. The summed E-state index contributed by atoms with van der Waals surface area (Å²) in [6.07, 6.45) is 3.97. The topological polar surface area (TPSA) is 100 Å². The molecule has 1 aliphatic heterocycles. The molecule has 0 spiro atoms. The summed E-state index contributed by atoms with van der Waals surface area (Å²) in [5, 5.41) is 5.81. The second-order valence-corrected chi connectivity index (χ2v) is 8.24. The third-order valence-electron chi connectivity index (χ3n) is 6.09. The van der Waals surface area contributed by atoms with E-state index in [1.165, 1.54) is 6.20 Å². The Morgan fingerprint density at radius 1 is 1.27 bits per heavy atom. The number of carbonyl (C=O) groups is 2. The maximum atomic E-state index is 13.2. The highest BCUT2D eigenvalue weighted by molar-refractivity contribution is 6.39. The number of hydrogen-bond acceptors (Lipinski definition) is 5. The van der Waals surface area contributed by atoms with Crippen molar-refractivity contribution in [1.82, 2.24) is 9.88 Å². The lowest BCUT2D eigenvalue weighted by atomic mass is 9.79. The Balaban J connectivity index is 1.85. The minimum Gasteiger partial charge on any atom is -0.388 e. The van der Waals surface area contributed by atoms with Crippen molar-refractivity contribution in [2.24, 2.45) is 5.92 Å². The van der Waals surface area contributed by atoms with Crippen molar-refractivity contribution < 1.29 is 9.59 Å². The monoisotopic (exact) mass is 409 g/mol. The number of benzene rings is 1. The highest BCUT2D eigenvalue weighted by atomic mass is 16.2. The van der Waals surface area contributed by atoms with E-state index in [9.17, 15) is 9.59 Å². The maximum absolute atomic E-state index is 13.2. The van der Waals surface area contributed by atoms with Gasteiger partial charge in [0.25, 0.3) is 0 Å². The lowest BCUT2D eigenvalue weighted by molar-refractivity contribution is -0.150. The summed E-state index contributed by atoms with van der Waals surface area (Å²) in [7, 11) is 1.87. The number of pyridine rings is 1. The number of piperidine rings is 1. The molecular formula is C23H31N5O2. The normalized spacial score (nSPS) is 21.2. The summed E-state index contributed by atoms with van der Waals surface area (Å²) in [4.78, 5) is 31.9. The van der Waals surface area contributed by atoms with Gasteiger partial charge in [-0.25, -0.2) is 4.98 Å². The van der Waals surface area contributed by atoms with Crippen molar-refractivity contribution in [3.8, 4) is 0 Å². The van der Waals surface area contributed by atoms with E-state index in [0.29, 0.717) is 30.4 Å². The molecule has 7 heteroatoms. The summed E-state index contributed by atoms with van der Waals surface area (Å²) >= 11 is 0. The van der Waals surface area contributed by atoms with Crippen LogP contribution in [0.15, 0.2) is 36.5 Å². The van der Waals surface area contributed by atoms with Crippen molar-refractivity contribution in [3.63, 3.8) is 0 Å². The van der Waals surface area contributed by atoms with E-state index in [-0.39, 0.29) is 0 Å². The predicted molar refractivity (Wildman–Crippen MR) is 120 cm³/mol. The number of aromatic nitrogens is 1. The number of likely N-dealkylation sites (tertiary alicyclic amines) is 1. The van der Waals surface area contributed by atoms with Crippen molar-refractivity contribution in [1.29, 1.82) is 0 Å². The van der Waals surface area contributed by atoms with E-state index in [4.69, 9.17) is 5.73 Å². The van der Waals surface area contributed by atoms with Crippen LogP contribution in [-0.4, -0.2) is 35.3 Å². The van der Waals surface area contributed by atoms with Crippen LogP contribution in [0, 0.1) is 5.92 Å². The number of anilines is 3. The van der Waals surface area contributed by atoms with Gasteiger partial charge in [0.1, 0.15) is 5.82 Å². The van der Waals surface area contributed by atoms with Crippen LogP contribution >= 0.6 is 0 Å². The molecule has 0 aliphatic carbocycles. The molecule has 1 aromatic carbocycles. The molecule has 1 fully saturated rings. The van der Waals surface area contributed by atoms with Gasteiger partial charge < -0.3 is 21.3 Å². The first-order chi connectivity index (χ1) is 14.3. The zero-order chi connectivity index (χ0) is 21.9. The van der Waals surface area contributed by atoms with E-state index >= 15 is 0 Å². The molecule has 0 saturated carbocycles. The van der Waals surface area contributed by atoms with Gasteiger partial charge in [0, 0.05) is 19.3 Å². The molecule has 2 amide bonds. The maximum Gasteiger partial charge on any atom is 0.313 e. The fourth-order valence-corrected chi connectivity index (χ4v) is 4.05. The van der Waals surface area contributed by atoms with Crippen LogP contribution in [0.3, 0.4) is 0 Å². The van der Waals surface area contributed by atoms with E-state index in [2.05, 4.69) is 22.5 Å². The Morgan fingerprint density at radius 2 is 1.97 bits per heavy atom. The van der Waals surface area contributed by atoms with Crippen LogP contribution < -0.4 is 16.4 Å². The second kappa shape index (κ2) is 8.73. The van der Waals surface area contributed by atoms with E-state index in [1.54, 1.807) is 11.0 Å². The van der Waals surface area contributed by atoms with Crippen LogP contribution in [0.2, 0.25) is 0 Å². The van der Waals surface area contributed by atoms with Crippen LogP contribution in [0.5, 0.6) is 0 Å². The molecule has 1 aliphatic rings. The van der Waals surface area contributed by atoms with Gasteiger partial charge in [-0.1, -0.05) is 26.0 Å². The van der Waals surface area contributed by atoms with Crippen molar-refractivity contribution in [2.45, 2.75) is 45.6 Å². The van der Waals surface area contributed by atoms with Gasteiger partial charge >= 0.3 is 11.8 Å². The van der Waals surface area contributed by atoms with Crippen LogP contribution in [0.4, 0.5) is 17.2 Å². The van der Waals surface area contributed by atoms with Gasteiger partial charge in [-0.3, -0.25) is 9.59 Å². The van der Waals surface area contributed by atoms with Gasteiger partial charge in [0.2, 0.25) is 0 Å². The zero-order valence-electron chi connectivity index (χ0n) is 18.2. The van der Waals surface area contributed by atoms with Gasteiger partial charge in [0.05, 0.1) is 17.4 Å². The molecule has 0 unspecified atom stereocenters. The molecule has 0 radical (unpaired) electrons. The quantitative estimate of drug-likeness (QED) is 0.672. The molecule has 2 atom stereocenters. The summed E-state index contributed by atoms with van der Waals surface area (Å²) in [5.41, 5.74) is 8.64. The number of aryl methyl sites for hydroxylation is 1. The molecule has 160 valence electrons. The van der Waals surface area contributed by atoms with Gasteiger partial charge in [0.15, 0.2) is 0 Å². The van der Waals surface area contributed by atoms with Crippen molar-refractivity contribution >= 4 is 29.0 Å². The highest BCUT2D eigenvalue weighted by Crippen LogP contribution is 2.39. The standard InChI is InChI=1S/C23H31N5O2/c1-5-16-12-19(13-26-20(16)24)27-21(29)22(30)28-14-15(2)10-11-23(28,3)17-6-8-18(25-4)9-7-17/h6-9,12-13,15,25H,5,10-11,14H2,1-4H3,(H2,24,26)(H,27,29)/t15-,23-/m0/s1. The molecule has 1 aromatic heterocycles. The van der Waals surface area contributed by atoms with E-state index < -0.39 is 17.4 Å². The summed E-state index contributed by atoms with van der Waals surface area (Å²) < 4.78 is 0. The lowest BCUT2D eigenvalue weighted by Crippen LogP contribution is -2.55. The highest BCUT2D eigenvalue weighted by Gasteiger charge is 2.43. The number of rotatable bonds is 4. The third kappa shape index (κ3) is 4.25. The van der Waals surface area contributed by atoms with Gasteiger partial charge in [-0.15, -0.1) is 0 Å². The molecular weight excluding hydrogens is 378 g/mol. The predicted octanol–water partition coefficient (Wildman–Crippen LogP) is 3.38. The van der Waals surface area contributed by atoms with Crippen LogP contribution in [0.25, 0.3) is 0 Å². The Hall–Kier alpha value is -3.09. The molecule has 7 nitrogen and oxygen atoms in total. The molecule has 3 rings (SSSR count). The van der Waals surface area contributed by atoms with Gasteiger partial charge in [-0.2, -0.15) is 0 Å². The fourth-order valence-electron chi connectivity index (χ4n) is 4.05. The number of nitrogens with one attached hydrogen (secondary N) is 2. The van der Waals surface area contributed by atoms with E-state index in [0.717, 1.165) is 29.7 Å². The number of hydrogen-bond donors (Lipinski definition) is 3. The number of nitrogens with zero attached hydrogens (tertiary/aromatic N) is 2. The number of nitrogen functional groups attached to an aromatic ring is 1. The Kier molecular flexibility index (Phi) is 6.29. The van der Waals surface area contributed by atoms with E-state index in [1.807, 2.05) is 45.2 Å². The molecule has 0 bridgehead atoms. The molecule has 2 heterocycles. The van der Waals surface area contributed by atoms with Crippen molar-refractivity contribution in [2.75, 3.05) is 30.0 Å². The minimum atomic E-state index is -0.657. The number of amides is 2. The second-order valence-electron chi connectivity index (χ2n) is 8.24. The minimum absolute atomic E-state index is 0.330. The molecule has 4 N–H and O–H groups in total. The zero-order valence-corrected chi connectivity index (χ0v) is 18.2. The van der Waals surface area contributed by atoms with Crippen LogP contribution in [-0.2, 0) is 21.5 Å². The van der Waals surface area contributed by atoms with Gasteiger partial charge in [-0.05, 0) is 61.4 Å². The summed E-state index contributed by atoms with van der Waals surface area (Å²) in [6.45, 7) is 6.65. The molecule has 30 heavy (non-hydrogen) atoms. The smallest absolute Gasteiger partial charge is 0.313 e. The van der Waals surface area contributed by atoms with Crippen LogP contribution in [0.1, 0.15) is 44.7 Å². The Morgan fingerprint density at radius 3 is 2.60 bits per heavy atom. The largest absolute Gasteiger partial charge is 0.388 e. The van der Waals surface area contributed by atoms with Crippen molar-refractivity contribution in [3.05, 3.63) is 47.7 Å². The first-order valence-electron chi connectivity index (χ1n) is 10.4. The summed E-state index contributed by atoms with van der Waals surface area (Å²) in [6, 6.07) is 9.80. The number of carbonyl (C=O) groups excluding carboxylic acids is 2. The molecule has 2 aromatic rings. The Bertz CT molecular complexity index is 928. The SMILES string of the molecule is CCc1cc(NC(=O)C(=O)N2C[C@@H](C)CC[C@@]2(C)c2ccc(NC)cc2)cnc1N. The first kappa shape index (κ1) is 21.6. The first-order valence-corrected chi connectivity index (χ1v) is 10.4. The fraction of sp³-hybridized carbons (Fsp3) is 0.435. The average molecular weight is 410 g/mol. The molecule has 1 saturated heterocycles.